The van der Waals surface area contributed by atoms with Crippen LogP contribution in [0.5, 0.6) is 0 Å². The predicted molar refractivity (Wildman–Crippen MR) is 114 cm³/mol. The van der Waals surface area contributed by atoms with Gasteiger partial charge < -0.3 is 15.5 Å². The highest BCUT2D eigenvalue weighted by Crippen LogP contribution is 2.31. The lowest BCUT2D eigenvalue weighted by molar-refractivity contribution is -0.140. The van der Waals surface area contributed by atoms with Gasteiger partial charge in [-0.3, -0.25) is 4.79 Å². The second-order valence-corrected chi connectivity index (χ2v) is 8.36. The molecule has 2 aromatic rings. The van der Waals surface area contributed by atoms with Gasteiger partial charge in [-0.15, -0.1) is 0 Å². The molecular weight excluding hydrogens is 426 g/mol. The van der Waals surface area contributed by atoms with E-state index in [4.69, 9.17) is 0 Å². The number of anilines is 2. The molecule has 1 heterocycles. The quantitative estimate of drug-likeness (QED) is 0.634. The summed E-state index contributed by atoms with van der Waals surface area (Å²) in [5, 5.41) is 6.08. The number of carbonyl (C=O) groups excluding carboxylic acids is 1. The molecule has 1 amide bonds. The van der Waals surface area contributed by atoms with E-state index in [2.05, 4.69) is 20.6 Å². The third-order valence-electron chi connectivity index (χ3n) is 5.64. The molecule has 32 heavy (non-hydrogen) atoms. The van der Waals surface area contributed by atoms with Crippen LogP contribution in [0.4, 0.5) is 29.3 Å². The Bertz CT molecular complexity index is 956. The number of hydrogen-bond acceptors (Lipinski definition) is 5. The maximum atomic E-state index is 13.7. The van der Waals surface area contributed by atoms with Crippen LogP contribution in [0.15, 0.2) is 24.4 Å². The van der Waals surface area contributed by atoms with Crippen molar-refractivity contribution >= 4 is 17.7 Å². The molecule has 2 N–H and O–H groups in total. The van der Waals surface area contributed by atoms with Crippen LogP contribution in [0.2, 0.25) is 0 Å². The fraction of sp³-hybridized carbons (Fsp3) is 0.500. The summed E-state index contributed by atoms with van der Waals surface area (Å²) in [7, 11) is 3.86. The summed E-state index contributed by atoms with van der Waals surface area (Å²) in [6, 6.07) is 2.44. The highest BCUT2D eigenvalue weighted by Gasteiger charge is 2.34. The molecule has 1 aromatic heterocycles. The van der Waals surface area contributed by atoms with Crippen LogP contribution >= 0.6 is 0 Å². The van der Waals surface area contributed by atoms with E-state index in [1.54, 1.807) is 6.20 Å². The van der Waals surface area contributed by atoms with Crippen molar-refractivity contribution in [3.63, 3.8) is 0 Å². The number of hydrogen-bond donors (Lipinski definition) is 2. The molecule has 1 aliphatic carbocycles. The van der Waals surface area contributed by atoms with Gasteiger partial charge in [0.15, 0.2) is 0 Å². The van der Waals surface area contributed by atoms with E-state index in [-0.39, 0.29) is 17.5 Å². The highest BCUT2D eigenvalue weighted by molar-refractivity contribution is 5.94. The fourth-order valence-corrected chi connectivity index (χ4v) is 3.87. The van der Waals surface area contributed by atoms with Gasteiger partial charge in [-0.05, 0) is 56.7 Å². The van der Waals surface area contributed by atoms with Crippen LogP contribution in [0, 0.1) is 18.7 Å². The van der Waals surface area contributed by atoms with E-state index >= 15 is 0 Å². The Hall–Kier alpha value is -2.91. The molecule has 0 unspecified atom stereocenters. The number of nitrogens with one attached hydrogen (secondary N) is 2. The number of aryl methyl sites for hydroxylation is 1. The number of halogens is 4. The molecule has 3 rings (SSSR count). The van der Waals surface area contributed by atoms with Gasteiger partial charge in [0.2, 0.25) is 5.95 Å². The van der Waals surface area contributed by atoms with Crippen molar-refractivity contribution in [2.24, 2.45) is 5.92 Å². The fourth-order valence-electron chi connectivity index (χ4n) is 3.87. The minimum absolute atomic E-state index is 0.126. The van der Waals surface area contributed by atoms with Crippen molar-refractivity contribution in [2.45, 2.75) is 44.8 Å². The minimum Gasteiger partial charge on any atom is -0.362 e. The molecule has 1 aromatic carbocycles. The Kier molecular flexibility index (Phi) is 7.20. The topological polar surface area (TPSA) is 70.1 Å². The number of alkyl halides is 3. The first kappa shape index (κ1) is 23.7. The SMILES string of the molecule is Cc1cnc(N[C@H]2CC[C@@H](CNC(=O)c3ccc(C(F)(F)F)c(F)c3)CC2)nc1N(C)C. The highest BCUT2D eigenvalue weighted by atomic mass is 19.4. The van der Waals surface area contributed by atoms with Crippen LogP contribution in [-0.4, -0.2) is 42.6 Å². The summed E-state index contributed by atoms with van der Waals surface area (Å²) in [4.78, 5) is 23.1. The maximum Gasteiger partial charge on any atom is 0.419 e. The number of aromatic nitrogens is 2. The average Bonchev–Trinajstić information content (AvgIpc) is 2.73. The van der Waals surface area contributed by atoms with Crippen LogP contribution in [0.3, 0.4) is 0 Å². The monoisotopic (exact) mass is 453 g/mol. The van der Waals surface area contributed by atoms with Crippen molar-refractivity contribution in [2.75, 3.05) is 30.9 Å². The van der Waals surface area contributed by atoms with E-state index in [0.717, 1.165) is 43.1 Å². The lowest BCUT2D eigenvalue weighted by atomic mass is 9.86. The van der Waals surface area contributed by atoms with Crippen LogP contribution in [0.1, 0.15) is 47.2 Å². The normalized spacial score (nSPS) is 18.8. The van der Waals surface area contributed by atoms with Gasteiger partial charge in [0, 0.05) is 44.0 Å². The Balaban J connectivity index is 1.48. The molecule has 174 valence electrons. The van der Waals surface area contributed by atoms with Crippen LogP contribution in [-0.2, 0) is 6.18 Å². The summed E-state index contributed by atoms with van der Waals surface area (Å²) in [5.41, 5.74) is -0.512. The standard InChI is InChI=1S/C22H27F4N5O/c1-13-11-28-21(30-19(13)31(2)3)29-16-7-4-14(5-8-16)12-27-20(32)15-6-9-17(18(23)10-15)22(24,25)26/h6,9-11,14,16H,4-5,7-8,12H2,1-3H3,(H,27,32)(H,28,29,30)/t14-,16+. The molecule has 1 fully saturated rings. The van der Waals surface area contributed by atoms with Crippen molar-refractivity contribution in [3.8, 4) is 0 Å². The molecular formula is C22H27F4N5O. The van der Waals surface area contributed by atoms with Gasteiger partial charge in [0.05, 0.1) is 5.56 Å². The van der Waals surface area contributed by atoms with Gasteiger partial charge >= 0.3 is 6.18 Å². The average molecular weight is 453 g/mol. The van der Waals surface area contributed by atoms with Crippen molar-refractivity contribution in [1.29, 1.82) is 0 Å². The Morgan fingerprint density at radius 1 is 1.19 bits per heavy atom. The maximum absolute atomic E-state index is 13.7. The van der Waals surface area contributed by atoms with Gasteiger partial charge in [0.1, 0.15) is 11.6 Å². The molecule has 10 heteroatoms. The third kappa shape index (κ3) is 5.86. The number of nitrogens with zero attached hydrogens (tertiary/aromatic N) is 3. The molecule has 0 aliphatic heterocycles. The molecule has 0 atom stereocenters. The minimum atomic E-state index is -4.79. The molecule has 0 bridgehead atoms. The molecule has 1 saturated carbocycles. The largest absolute Gasteiger partial charge is 0.419 e. The number of carbonyl (C=O) groups is 1. The number of rotatable bonds is 6. The molecule has 6 nitrogen and oxygen atoms in total. The third-order valence-corrected chi connectivity index (χ3v) is 5.64. The predicted octanol–water partition coefficient (Wildman–Crippen LogP) is 4.41. The van der Waals surface area contributed by atoms with E-state index in [1.807, 2.05) is 25.9 Å². The zero-order valence-corrected chi connectivity index (χ0v) is 18.3. The van der Waals surface area contributed by atoms with Crippen molar-refractivity contribution < 1.29 is 22.4 Å². The Morgan fingerprint density at radius 3 is 2.47 bits per heavy atom. The first-order chi connectivity index (χ1) is 15.0. The summed E-state index contributed by atoms with van der Waals surface area (Å²) in [5.74, 6) is -0.346. The zero-order chi connectivity index (χ0) is 23.5. The molecule has 0 saturated heterocycles. The lowest BCUT2D eigenvalue weighted by Gasteiger charge is -2.29. The summed E-state index contributed by atoms with van der Waals surface area (Å²) < 4.78 is 51.7. The van der Waals surface area contributed by atoms with Gasteiger partial charge in [-0.1, -0.05) is 0 Å². The van der Waals surface area contributed by atoms with E-state index in [0.29, 0.717) is 24.6 Å². The first-order valence-corrected chi connectivity index (χ1v) is 10.5. The molecule has 0 spiro atoms. The van der Waals surface area contributed by atoms with E-state index in [1.165, 1.54) is 0 Å². The van der Waals surface area contributed by atoms with E-state index in [9.17, 15) is 22.4 Å². The van der Waals surface area contributed by atoms with Crippen LogP contribution in [0.25, 0.3) is 0 Å². The second-order valence-electron chi connectivity index (χ2n) is 8.36. The zero-order valence-electron chi connectivity index (χ0n) is 18.3. The van der Waals surface area contributed by atoms with Crippen molar-refractivity contribution in [1.82, 2.24) is 15.3 Å². The van der Waals surface area contributed by atoms with Gasteiger partial charge in [-0.2, -0.15) is 18.2 Å². The van der Waals surface area contributed by atoms with Crippen LogP contribution < -0.4 is 15.5 Å². The van der Waals surface area contributed by atoms with Gasteiger partial charge in [0.25, 0.3) is 5.91 Å². The molecule has 1 aliphatic rings. The summed E-state index contributed by atoms with van der Waals surface area (Å²) in [6.07, 6.45) is 0.491. The second kappa shape index (κ2) is 9.70. The summed E-state index contributed by atoms with van der Waals surface area (Å²) >= 11 is 0. The lowest BCUT2D eigenvalue weighted by Crippen LogP contribution is -2.34. The summed E-state index contributed by atoms with van der Waals surface area (Å²) in [6.45, 7) is 2.34. The van der Waals surface area contributed by atoms with Gasteiger partial charge in [-0.25, -0.2) is 9.37 Å². The Labute approximate surface area is 184 Å². The molecule has 0 radical (unpaired) electrons. The van der Waals surface area contributed by atoms with E-state index < -0.39 is 23.5 Å². The number of benzene rings is 1. The number of amides is 1. The van der Waals surface area contributed by atoms with Crippen molar-refractivity contribution in [3.05, 3.63) is 46.9 Å². The Morgan fingerprint density at radius 2 is 1.88 bits per heavy atom. The first-order valence-electron chi connectivity index (χ1n) is 10.5. The smallest absolute Gasteiger partial charge is 0.362 e.